The third-order valence-electron chi connectivity index (χ3n) is 2.04. The molecule has 0 heterocycles. The van der Waals surface area contributed by atoms with Gasteiger partial charge in [0, 0.05) is 4.90 Å². The topological polar surface area (TPSA) is 37.3 Å². The Labute approximate surface area is 105 Å². The zero-order valence-electron chi connectivity index (χ0n) is 9.31. The normalized spacial score (nSPS) is 10.3. The monoisotopic (exact) mass is 256 g/mol. The molecule has 0 aliphatic rings. The second kappa shape index (κ2) is 7.63. The molecule has 0 bridgehead atoms. The highest BCUT2D eigenvalue weighted by Crippen LogP contribution is 2.19. The molecule has 16 heavy (non-hydrogen) atoms. The molecule has 0 aliphatic heterocycles. The van der Waals surface area contributed by atoms with Gasteiger partial charge >= 0.3 is 5.97 Å². The molecule has 2 nitrogen and oxygen atoms in total. The van der Waals surface area contributed by atoms with E-state index in [4.69, 9.17) is 5.11 Å². The Balaban J connectivity index is 2.36. The van der Waals surface area contributed by atoms with Gasteiger partial charge < -0.3 is 5.11 Å². The number of carboxylic acid groups (broad SMARTS) is 1. The van der Waals surface area contributed by atoms with Crippen LogP contribution in [-0.2, 0) is 11.2 Å². The Morgan fingerprint density at radius 1 is 1.25 bits per heavy atom. The van der Waals surface area contributed by atoms with E-state index in [1.54, 1.807) is 0 Å². The van der Waals surface area contributed by atoms with Crippen LogP contribution in [0.5, 0.6) is 0 Å². The van der Waals surface area contributed by atoms with Crippen LogP contribution in [-0.4, -0.2) is 28.8 Å². The highest BCUT2D eigenvalue weighted by Gasteiger charge is 2.00. The van der Waals surface area contributed by atoms with E-state index in [-0.39, 0.29) is 6.42 Å². The van der Waals surface area contributed by atoms with Crippen molar-refractivity contribution in [1.29, 1.82) is 0 Å². The van der Waals surface area contributed by atoms with Crippen LogP contribution in [0.15, 0.2) is 29.2 Å². The van der Waals surface area contributed by atoms with Gasteiger partial charge in [0.2, 0.25) is 0 Å². The SMILES string of the molecule is CSCCCSc1ccc(CC(=O)O)cc1. The Hall–Kier alpha value is -0.610. The maximum atomic E-state index is 10.5. The fourth-order valence-corrected chi connectivity index (χ4v) is 2.74. The summed E-state index contributed by atoms with van der Waals surface area (Å²) in [7, 11) is 0. The summed E-state index contributed by atoms with van der Waals surface area (Å²) in [5.74, 6) is 1.55. The fourth-order valence-electron chi connectivity index (χ4n) is 1.27. The largest absolute Gasteiger partial charge is 0.481 e. The first kappa shape index (κ1) is 13.5. The van der Waals surface area contributed by atoms with Crippen LogP contribution in [0.1, 0.15) is 12.0 Å². The van der Waals surface area contributed by atoms with Crippen molar-refractivity contribution in [2.45, 2.75) is 17.7 Å². The minimum Gasteiger partial charge on any atom is -0.481 e. The van der Waals surface area contributed by atoms with Gasteiger partial charge in [-0.15, -0.1) is 11.8 Å². The predicted molar refractivity (Wildman–Crippen MR) is 71.5 cm³/mol. The quantitative estimate of drug-likeness (QED) is 0.600. The van der Waals surface area contributed by atoms with Crippen molar-refractivity contribution in [2.75, 3.05) is 17.8 Å². The minimum atomic E-state index is -0.777. The summed E-state index contributed by atoms with van der Waals surface area (Å²) in [6, 6.07) is 7.79. The molecule has 1 aromatic carbocycles. The van der Waals surface area contributed by atoms with Gasteiger partial charge in [0.15, 0.2) is 0 Å². The van der Waals surface area contributed by atoms with Gasteiger partial charge in [0.05, 0.1) is 6.42 Å². The molecule has 1 rings (SSSR count). The first-order valence-electron chi connectivity index (χ1n) is 5.15. The van der Waals surface area contributed by atoms with Crippen molar-refractivity contribution >= 4 is 29.5 Å². The van der Waals surface area contributed by atoms with Crippen LogP contribution in [0.2, 0.25) is 0 Å². The number of hydrogen-bond acceptors (Lipinski definition) is 3. The minimum absolute atomic E-state index is 0.109. The molecule has 0 saturated carbocycles. The second-order valence-corrected chi connectivity index (χ2v) is 5.56. The van der Waals surface area contributed by atoms with E-state index in [2.05, 4.69) is 6.26 Å². The second-order valence-electron chi connectivity index (χ2n) is 3.41. The number of carboxylic acids is 1. The van der Waals surface area contributed by atoms with Crippen molar-refractivity contribution in [3.8, 4) is 0 Å². The summed E-state index contributed by atoms with van der Waals surface area (Å²) < 4.78 is 0. The van der Waals surface area contributed by atoms with Crippen LogP contribution < -0.4 is 0 Å². The summed E-state index contributed by atoms with van der Waals surface area (Å²) in [6.45, 7) is 0. The molecule has 1 aromatic rings. The zero-order chi connectivity index (χ0) is 11.8. The Morgan fingerprint density at radius 2 is 1.94 bits per heavy atom. The van der Waals surface area contributed by atoms with E-state index in [0.717, 1.165) is 11.3 Å². The average Bonchev–Trinajstić information content (AvgIpc) is 2.26. The molecular weight excluding hydrogens is 240 g/mol. The first-order valence-corrected chi connectivity index (χ1v) is 7.53. The molecule has 0 aromatic heterocycles. The molecular formula is C12H16O2S2. The molecule has 1 N–H and O–H groups in total. The summed E-state index contributed by atoms with van der Waals surface area (Å²) in [6.07, 6.45) is 3.44. The third kappa shape index (κ3) is 5.47. The molecule has 0 amide bonds. The van der Waals surface area contributed by atoms with Crippen molar-refractivity contribution in [1.82, 2.24) is 0 Å². The maximum absolute atomic E-state index is 10.5. The van der Waals surface area contributed by atoms with Gasteiger partial charge in [0.1, 0.15) is 0 Å². The van der Waals surface area contributed by atoms with Gasteiger partial charge in [-0.25, -0.2) is 0 Å². The molecule has 0 aliphatic carbocycles. The summed E-state index contributed by atoms with van der Waals surface area (Å²) >= 11 is 3.69. The van der Waals surface area contributed by atoms with Gasteiger partial charge in [-0.2, -0.15) is 11.8 Å². The Bertz CT molecular complexity index is 322. The highest BCUT2D eigenvalue weighted by molar-refractivity contribution is 7.99. The lowest BCUT2D eigenvalue weighted by Gasteiger charge is -2.02. The molecule has 0 saturated heterocycles. The van der Waals surface area contributed by atoms with E-state index < -0.39 is 5.97 Å². The van der Waals surface area contributed by atoms with Crippen LogP contribution in [0.3, 0.4) is 0 Å². The molecule has 0 spiro atoms. The highest BCUT2D eigenvalue weighted by atomic mass is 32.2. The van der Waals surface area contributed by atoms with Gasteiger partial charge in [-0.3, -0.25) is 4.79 Å². The van der Waals surface area contributed by atoms with E-state index in [0.29, 0.717) is 0 Å². The summed E-state index contributed by atoms with van der Waals surface area (Å²) in [5.41, 5.74) is 0.862. The van der Waals surface area contributed by atoms with Crippen LogP contribution in [0.4, 0.5) is 0 Å². The van der Waals surface area contributed by atoms with Crippen molar-refractivity contribution < 1.29 is 9.90 Å². The van der Waals surface area contributed by atoms with Crippen LogP contribution in [0, 0.1) is 0 Å². The first-order chi connectivity index (χ1) is 7.72. The Kier molecular flexibility index (Phi) is 6.42. The maximum Gasteiger partial charge on any atom is 0.307 e. The Morgan fingerprint density at radius 3 is 2.50 bits per heavy atom. The molecule has 88 valence electrons. The van der Waals surface area contributed by atoms with Crippen molar-refractivity contribution in [3.05, 3.63) is 29.8 Å². The molecule has 4 heteroatoms. The zero-order valence-corrected chi connectivity index (χ0v) is 10.9. The fraction of sp³-hybridized carbons (Fsp3) is 0.417. The lowest BCUT2D eigenvalue weighted by atomic mass is 10.2. The smallest absolute Gasteiger partial charge is 0.307 e. The molecule has 0 atom stereocenters. The van der Waals surface area contributed by atoms with Crippen molar-refractivity contribution in [3.63, 3.8) is 0 Å². The van der Waals surface area contributed by atoms with Crippen LogP contribution >= 0.6 is 23.5 Å². The van der Waals surface area contributed by atoms with Gasteiger partial charge in [-0.05, 0) is 41.9 Å². The van der Waals surface area contributed by atoms with E-state index in [1.165, 1.54) is 17.1 Å². The average molecular weight is 256 g/mol. The molecule has 0 radical (unpaired) electrons. The van der Waals surface area contributed by atoms with E-state index in [9.17, 15) is 4.79 Å². The molecule has 0 fully saturated rings. The predicted octanol–water partition coefficient (Wildman–Crippen LogP) is 3.16. The van der Waals surface area contributed by atoms with Crippen molar-refractivity contribution in [2.24, 2.45) is 0 Å². The lowest BCUT2D eigenvalue weighted by Crippen LogP contribution is -1.99. The number of thioether (sulfide) groups is 2. The number of hydrogen-bond donors (Lipinski definition) is 1. The van der Waals surface area contributed by atoms with Gasteiger partial charge in [-0.1, -0.05) is 12.1 Å². The number of aliphatic carboxylic acids is 1. The third-order valence-corrected chi connectivity index (χ3v) is 3.84. The number of benzene rings is 1. The standard InChI is InChI=1S/C12H16O2S2/c1-15-7-2-8-16-11-5-3-10(4-6-11)9-12(13)14/h3-6H,2,7-9H2,1H3,(H,13,14). The number of carbonyl (C=O) groups is 1. The number of rotatable bonds is 7. The van der Waals surface area contributed by atoms with E-state index >= 15 is 0 Å². The van der Waals surface area contributed by atoms with Crippen LogP contribution in [0.25, 0.3) is 0 Å². The van der Waals surface area contributed by atoms with E-state index in [1.807, 2.05) is 47.8 Å². The molecule has 0 unspecified atom stereocenters. The lowest BCUT2D eigenvalue weighted by molar-refractivity contribution is -0.136. The van der Waals surface area contributed by atoms with Gasteiger partial charge in [0.25, 0.3) is 0 Å². The summed E-state index contributed by atoms with van der Waals surface area (Å²) in [5, 5.41) is 8.63. The summed E-state index contributed by atoms with van der Waals surface area (Å²) in [4.78, 5) is 11.7.